The molecule has 1 aliphatic rings. The molecule has 0 bridgehead atoms. The average Bonchev–Trinajstić information content (AvgIpc) is 2.43. The Labute approximate surface area is 130 Å². The molecule has 0 spiro atoms. The summed E-state index contributed by atoms with van der Waals surface area (Å²) in [5.41, 5.74) is 3.88. The van der Waals surface area contributed by atoms with Gasteiger partial charge in [0.25, 0.3) is 0 Å². The van der Waals surface area contributed by atoms with Gasteiger partial charge in [-0.05, 0) is 48.2 Å². The third kappa shape index (κ3) is 2.97. The highest BCUT2D eigenvalue weighted by atomic mass is 35.5. The van der Waals surface area contributed by atoms with Gasteiger partial charge in [-0.15, -0.1) is 0 Å². The SMILES string of the molecule is CCNC(Cc1ccc(F)cc1Cl)C1Cc2ccccc21. The minimum absolute atomic E-state index is 0.280. The molecule has 110 valence electrons. The highest BCUT2D eigenvalue weighted by Gasteiger charge is 2.32. The van der Waals surface area contributed by atoms with E-state index < -0.39 is 0 Å². The van der Waals surface area contributed by atoms with E-state index in [1.807, 2.05) is 0 Å². The highest BCUT2D eigenvalue weighted by Crippen LogP contribution is 2.38. The van der Waals surface area contributed by atoms with Crippen molar-refractivity contribution in [2.24, 2.45) is 0 Å². The van der Waals surface area contributed by atoms with Gasteiger partial charge in [0.2, 0.25) is 0 Å². The maximum atomic E-state index is 13.2. The molecule has 3 heteroatoms. The monoisotopic (exact) mass is 303 g/mol. The Morgan fingerprint density at radius 3 is 2.81 bits per heavy atom. The number of halogens is 2. The smallest absolute Gasteiger partial charge is 0.124 e. The van der Waals surface area contributed by atoms with Crippen molar-refractivity contribution in [1.29, 1.82) is 0 Å². The Kier molecular flexibility index (Phi) is 4.27. The lowest BCUT2D eigenvalue weighted by Crippen LogP contribution is -2.41. The van der Waals surface area contributed by atoms with Gasteiger partial charge in [0.1, 0.15) is 5.82 Å². The molecular weight excluding hydrogens is 285 g/mol. The Bertz CT molecular complexity index is 641. The van der Waals surface area contributed by atoms with Gasteiger partial charge < -0.3 is 5.32 Å². The second-order valence-corrected chi connectivity index (χ2v) is 6.02. The largest absolute Gasteiger partial charge is 0.313 e. The molecule has 21 heavy (non-hydrogen) atoms. The number of hydrogen-bond acceptors (Lipinski definition) is 1. The summed E-state index contributed by atoms with van der Waals surface area (Å²) in [5, 5.41) is 4.08. The normalized spacial score (nSPS) is 18.0. The van der Waals surface area contributed by atoms with Crippen molar-refractivity contribution in [2.75, 3.05) is 6.54 Å². The van der Waals surface area contributed by atoms with Gasteiger partial charge in [-0.1, -0.05) is 48.9 Å². The van der Waals surface area contributed by atoms with Crippen LogP contribution in [0.4, 0.5) is 4.39 Å². The lowest BCUT2D eigenvalue weighted by Gasteiger charge is -2.37. The van der Waals surface area contributed by atoms with Crippen LogP contribution in [-0.2, 0) is 12.8 Å². The van der Waals surface area contributed by atoms with Crippen LogP contribution in [0.15, 0.2) is 42.5 Å². The van der Waals surface area contributed by atoms with Gasteiger partial charge in [-0.3, -0.25) is 0 Å². The second kappa shape index (κ2) is 6.17. The van der Waals surface area contributed by atoms with Crippen LogP contribution in [0.1, 0.15) is 29.5 Å². The number of fused-ring (bicyclic) bond motifs is 1. The first kappa shape index (κ1) is 14.6. The van der Waals surface area contributed by atoms with Crippen LogP contribution in [-0.4, -0.2) is 12.6 Å². The lowest BCUT2D eigenvalue weighted by atomic mass is 9.72. The fraction of sp³-hybridized carbons (Fsp3) is 0.333. The van der Waals surface area contributed by atoms with Gasteiger partial charge in [-0.25, -0.2) is 4.39 Å². The van der Waals surface area contributed by atoms with E-state index in [9.17, 15) is 4.39 Å². The summed E-state index contributed by atoms with van der Waals surface area (Å²) in [6, 6.07) is 13.6. The van der Waals surface area contributed by atoms with Crippen molar-refractivity contribution >= 4 is 11.6 Å². The third-order valence-corrected chi connectivity index (χ3v) is 4.65. The predicted molar refractivity (Wildman–Crippen MR) is 85.5 cm³/mol. The molecule has 2 unspecified atom stereocenters. The van der Waals surface area contributed by atoms with Crippen LogP contribution in [0, 0.1) is 5.82 Å². The van der Waals surface area contributed by atoms with Gasteiger partial charge >= 0.3 is 0 Å². The molecule has 0 aromatic heterocycles. The lowest BCUT2D eigenvalue weighted by molar-refractivity contribution is 0.404. The van der Waals surface area contributed by atoms with Crippen LogP contribution < -0.4 is 5.32 Å². The van der Waals surface area contributed by atoms with Crippen molar-refractivity contribution in [1.82, 2.24) is 5.32 Å². The predicted octanol–water partition coefficient (Wildman–Crippen LogP) is 4.34. The maximum absolute atomic E-state index is 13.2. The molecule has 0 saturated carbocycles. The first-order valence-electron chi connectivity index (χ1n) is 7.44. The van der Waals surface area contributed by atoms with Crippen molar-refractivity contribution < 1.29 is 4.39 Å². The number of hydrogen-bond donors (Lipinski definition) is 1. The summed E-state index contributed by atoms with van der Waals surface area (Å²) in [5.74, 6) is 0.236. The van der Waals surface area contributed by atoms with Crippen LogP contribution >= 0.6 is 11.6 Å². The molecule has 0 saturated heterocycles. The minimum atomic E-state index is -0.280. The van der Waals surface area contributed by atoms with E-state index in [4.69, 9.17) is 11.6 Å². The molecule has 0 aliphatic heterocycles. The van der Waals surface area contributed by atoms with Crippen LogP contribution in [0.5, 0.6) is 0 Å². The van der Waals surface area contributed by atoms with Crippen LogP contribution in [0.25, 0.3) is 0 Å². The molecule has 1 N–H and O–H groups in total. The van der Waals surface area contributed by atoms with Gasteiger partial charge in [-0.2, -0.15) is 0 Å². The summed E-state index contributed by atoms with van der Waals surface area (Å²) in [4.78, 5) is 0. The first-order valence-corrected chi connectivity index (χ1v) is 7.82. The fourth-order valence-electron chi connectivity index (χ4n) is 3.20. The Morgan fingerprint density at radius 2 is 2.10 bits per heavy atom. The van der Waals surface area contributed by atoms with Crippen LogP contribution in [0.3, 0.4) is 0 Å². The van der Waals surface area contributed by atoms with Gasteiger partial charge in [0, 0.05) is 17.0 Å². The fourth-order valence-corrected chi connectivity index (χ4v) is 3.44. The first-order chi connectivity index (χ1) is 10.2. The molecule has 1 aliphatic carbocycles. The summed E-state index contributed by atoms with van der Waals surface area (Å²) in [7, 11) is 0. The van der Waals surface area contributed by atoms with E-state index in [1.165, 1.54) is 23.3 Å². The van der Waals surface area contributed by atoms with Crippen molar-refractivity contribution in [3.8, 4) is 0 Å². The van der Waals surface area contributed by atoms with E-state index in [0.29, 0.717) is 17.0 Å². The van der Waals surface area contributed by atoms with E-state index in [-0.39, 0.29) is 5.82 Å². The number of likely N-dealkylation sites (N-methyl/N-ethyl adjacent to an activating group) is 1. The quantitative estimate of drug-likeness (QED) is 0.866. The van der Waals surface area contributed by atoms with Gasteiger partial charge in [0.05, 0.1) is 0 Å². The number of rotatable bonds is 5. The summed E-state index contributed by atoms with van der Waals surface area (Å²) in [6.07, 6.45) is 1.93. The molecular formula is C18H19ClFN. The molecule has 2 atom stereocenters. The van der Waals surface area contributed by atoms with E-state index in [0.717, 1.165) is 24.9 Å². The van der Waals surface area contributed by atoms with Gasteiger partial charge in [0.15, 0.2) is 0 Å². The summed E-state index contributed by atoms with van der Waals surface area (Å²) >= 11 is 6.17. The summed E-state index contributed by atoms with van der Waals surface area (Å²) < 4.78 is 13.2. The topological polar surface area (TPSA) is 12.0 Å². The van der Waals surface area contributed by atoms with E-state index >= 15 is 0 Å². The van der Waals surface area contributed by atoms with Crippen molar-refractivity contribution in [3.63, 3.8) is 0 Å². The zero-order chi connectivity index (χ0) is 14.8. The maximum Gasteiger partial charge on any atom is 0.124 e. The highest BCUT2D eigenvalue weighted by molar-refractivity contribution is 6.31. The zero-order valence-electron chi connectivity index (χ0n) is 12.1. The van der Waals surface area contributed by atoms with Crippen molar-refractivity contribution in [3.05, 3.63) is 70.0 Å². The van der Waals surface area contributed by atoms with E-state index in [2.05, 4.69) is 36.5 Å². The molecule has 0 radical (unpaired) electrons. The minimum Gasteiger partial charge on any atom is -0.313 e. The molecule has 2 aromatic carbocycles. The van der Waals surface area contributed by atoms with Crippen molar-refractivity contribution in [2.45, 2.75) is 31.7 Å². The molecule has 1 nitrogen and oxygen atoms in total. The number of benzene rings is 2. The zero-order valence-corrected chi connectivity index (χ0v) is 12.8. The molecule has 0 heterocycles. The standard InChI is InChI=1S/C18H19ClFN/c1-2-21-18(10-13-7-8-14(20)11-17(13)19)16-9-12-5-3-4-6-15(12)16/h3-8,11,16,18,21H,2,9-10H2,1H3. The summed E-state index contributed by atoms with van der Waals surface area (Å²) in [6.45, 7) is 3.03. The molecule has 0 amide bonds. The Hall–Kier alpha value is -1.38. The average molecular weight is 304 g/mol. The Morgan fingerprint density at radius 1 is 1.29 bits per heavy atom. The van der Waals surface area contributed by atoms with Crippen LogP contribution in [0.2, 0.25) is 5.02 Å². The Balaban J connectivity index is 1.80. The molecule has 0 fully saturated rings. The molecule has 2 aromatic rings. The molecule has 3 rings (SSSR count). The van der Waals surface area contributed by atoms with E-state index in [1.54, 1.807) is 6.07 Å². The second-order valence-electron chi connectivity index (χ2n) is 5.61. The number of nitrogens with one attached hydrogen (secondary N) is 1. The third-order valence-electron chi connectivity index (χ3n) is 4.30.